The number of nitrogens with zero attached hydrogens (tertiary/aromatic N) is 1. The van der Waals surface area contributed by atoms with Crippen LogP contribution in [0.1, 0.15) is 18.0 Å². The zero-order valence-electron chi connectivity index (χ0n) is 10.3. The largest absolute Gasteiger partial charge is 0.314 e. The molecule has 98 valence electrons. The number of halogens is 2. The van der Waals surface area contributed by atoms with Crippen molar-refractivity contribution in [2.75, 3.05) is 26.2 Å². The second-order valence-corrected chi connectivity index (χ2v) is 5.35. The van der Waals surface area contributed by atoms with Crippen LogP contribution >= 0.6 is 15.9 Å². The van der Waals surface area contributed by atoms with Crippen LogP contribution in [0.15, 0.2) is 35.3 Å². The van der Waals surface area contributed by atoms with E-state index in [-0.39, 0.29) is 11.9 Å². The highest BCUT2D eigenvalue weighted by Crippen LogP contribution is 2.27. The molecule has 0 aromatic heterocycles. The normalized spacial score (nSPS) is 18.6. The first-order valence-corrected chi connectivity index (χ1v) is 7.02. The van der Waals surface area contributed by atoms with Gasteiger partial charge in [0.2, 0.25) is 0 Å². The summed E-state index contributed by atoms with van der Waals surface area (Å²) in [5, 5.41) is 3.33. The maximum absolute atomic E-state index is 13.6. The summed E-state index contributed by atoms with van der Waals surface area (Å²) in [6, 6.07) is 5.62. The highest BCUT2D eigenvalue weighted by atomic mass is 79.9. The summed E-state index contributed by atoms with van der Waals surface area (Å²) in [5.74, 6) is -0.198. The predicted octanol–water partition coefficient (Wildman–Crippen LogP) is 3.11. The molecule has 1 aromatic carbocycles. The van der Waals surface area contributed by atoms with Crippen LogP contribution < -0.4 is 5.32 Å². The second-order valence-electron chi connectivity index (χ2n) is 4.50. The van der Waals surface area contributed by atoms with Crippen molar-refractivity contribution in [2.45, 2.75) is 12.5 Å². The van der Waals surface area contributed by atoms with Crippen molar-refractivity contribution < 1.29 is 4.39 Å². The highest BCUT2D eigenvalue weighted by molar-refractivity contribution is 9.10. The Bertz CT molecular complexity index is 416. The van der Waals surface area contributed by atoms with Crippen molar-refractivity contribution in [3.05, 3.63) is 46.7 Å². The van der Waals surface area contributed by atoms with Gasteiger partial charge in [0.25, 0.3) is 0 Å². The number of rotatable bonds is 4. The Hall–Kier alpha value is -0.710. The number of hydrogen-bond donors (Lipinski definition) is 1. The fourth-order valence-electron chi connectivity index (χ4n) is 2.37. The summed E-state index contributed by atoms with van der Waals surface area (Å²) < 4.78 is 14.2. The van der Waals surface area contributed by atoms with Crippen molar-refractivity contribution in [3.63, 3.8) is 0 Å². The van der Waals surface area contributed by atoms with Gasteiger partial charge in [-0.05, 0) is 40.0 Å². The Kier molecular flexibility index (Phi) is 4.92. The Morgan fingerprint density at radius 2 is 2.17 bits per heavy atom. The smallest absolute Gasteiger partial charge is 0.137 e. The molecule has 1 atom stereocenters. The van der Waals surface area contributed by atoms with E-state index in [1.54, 1.807) is 12.1 Å². The van der Waals surface area contributed by atoms with Crippen LogP contribution in [0, 0.1) is 5.82 Å². The van der Waals surface area contributed by atoms with Crippen molar-refractivity contribution in [1.82, 2.24) is 10.2 Å². The third-order valence-corrected chi connectivity index (χ3v) is 3.95. The molecular formula is C14H18BrFN2. The molecule has 2 nitrogen and oxygen atoms in total. The lowest BCUT2D eigenvalue weighted by Crippen LogP contribution is -2.45. The summed E-state index contributed by atoms with van der Waals surface area (Å²) in [7, 11) is 0. The Labute approximate surface area is 116 Å². The molecule has 0 unspecified atom stereocenters. The van der Waals surface area contributed by atoms with Gasteiger partial charge in [-0.15, -0.1) is 6.58 Å². The highest BCUT2D eigenvalue weighted by Gasteiger charge is 2.21. The van der Waals surface area contributed by atoms with Gasteiger partial charge in [0.1, 0.15) is 5.82 Å². The first kappa shape index (κ1) is 13.7. The van der Waals surface area contributed by atoms with E-state index in [4.69, 9.17) is 0 Å². The van der Waals surface area contributed by atoms with Crippen LogP contribution in [0.5, 0.6) is 0 Å². The van der Waals surface area contributed by atoms with Gasteiger partial charge >= 0.3 is 0 Å². The van der Waals surface area contributed by atoms with E-state index in [9.17, 15) is 4.39 Å². The Morgan fingerprint density at radius 1 is 1.44 bits per heavy atom. The van der Waals surface area contributed by atoms with E-state index in [0.717, 1.165) is 38.2 Å². The van der Waals surface area contributed by atoms with E-state index in [1.807, 2.05) is 12.1 Å². The van der Waals surface area contributed by atoms with Gasteiger partial charge in [0.05, 0.1) is 4.47 Å². The monoisotopic (exact) mass is 312 g/mol. The SMILES string of the molecule is C=CC[C@@H](c1ccc(Br)c(F)c1)N1CCNCC1. The van der Waals surface area contributed by atoms with E-state index in [1.165, 1.54) is 0 Å². The van der Waals surface area contributed by atoms with Crippen molar-refractivity contribution in [3.8, 4) is 0 Å². The van der Waals surface area contributed by atoms with E-state index in [0.29, 0.717) is 4.47 Å². The number of hydrogen-bond acceptors (Lipinski definition) is 2. The molecule has 1 saturated heterocycles. The molecule has 1 aromatic rings. The summed E-state index contributed by atoms with van der Waals surface area (Å²) in [6.07, 6.45) is 2.76. The number of nitrogens with one attached hydrogen (secondary N) is 1. The van der Waals surface area contributed by atoms with Crippen LogP contribution in [0.25, 0.3) is 0 Å². The zero-order valence-corrected chi connectivity index (χ0v) is 11.9. The summed E-state index contributed by atoms with van der Waals surface area (Å²) in [5.41, 5.74) is 1.03. The van der Waals surface area contributed by atoms with Gasteiger partial charge in [-0.3, -0.25) is 4.90 Å². The maximum Gasteiger partial charge on any atom is 0.137 e. The van der Waals surface area contributed by atoms with Crippen LogP contribution in [0.2, 0.25) is 0 Å². The molecule has 0 radical (unpaired) electrons. The average molecular weight is 313 g/mol. The molecular weight excluding hydrogens is 295 g/mol. The van der Waals surface area contributed by atoms with E-state index in [2.05, 4.69) is 32.7 Å². The molecule has 0 aliphatic carbocycles. The molecule has 1 fully saturated rings. The quantitative estimate of drug-likeness (QED) is 0.859. The minimum absolute atomic E-state index is 0.198. The van der Waals surface area contributed by atoms with E-state index < -0.39 is 0 Å². The third kappa shape index (κ3) is 3.19. The Morgan fingerprint density at radius 3 is 2.78 bits per heavy atom. The van der Waals surface area contributed by atoms with Gasteiger partial charge in [-0.25, -0.2) is 4.39 Å². The molecule has 0 saturated carbocycles. The molecule has 1 aliphatic heterocycles. The fraction of sp³-hybridized carbons (Fsp3) is 0.429. The van der Waals surface area contributed by atoms with Crippen LogP contribution in [-0.2, 0) is 0 Å². The summed E-state index contributed by atoms with van der Waals surface area (Å²) >= 11 is 3.19. The predicted molar refractivity (Wildman–Crippen MR) is 76.1 cm³/mol. The summed E-state index contributed by atoms with van der Waals surface area (Å²) in [6.45, 7) is 7.79. The minimum atomic E-state index is -0.198. The van der Waals surface area contributed by atoms with Gasteiger partial charge in [0.15, 0.2) is 0 Å². The maximum atomic E-state index is 13.6. The summed E-state index contributed by atoms with van der Waals surface area (Å²) in [4.78, 5) is 2.39. The lowest BCUT2D eigenvalue weighted by atomic mass is 10.0. The van der Waals surface area contributed by atoms with Crippen LogP contribution in [0.4, 0.5) is 4.39 Å². The lowest BCUT2D eigenvalue weighted by molar-refractivity contribution is 0.174. The topological polar surface area (TPSA) is 15.3 Å². The molecule has 18 heavy (non-hydrogen) atoms. The van der Waals surface area contributed by atoms with E-state index >= 15 is 0 Å². The minimum Gasteiger partial charge on any atom is -0.314 e. The first-order valence-electron chi connectivity index (χ1n) is 6.23. The number of benzene rings is 1. The number of piperazine rings is 1. The standard InChI is InChI=1S/C14H18BrFN2/c1-2-3-14(18-8-6-17-7-9-18)11-4-5-12(15)13(16)10-11/h2,4-5,10,14,17H,1,3,6-9H2/t14-/m0/s1. The third-order valence-electron chi connectivity index (χ3n) is 3.31. The lowest BCUT2D eigenvalue weighted by Gasteiger charge is -2.34. The fourth-order valence-corrected chi connectivity index (χ4v) is 2.61. The van der Waals surface area contributed by atoms with Crippen LogP contribution in [0.3, 0.4) is 0 Å². The molecule has 0 amide bonds. The molecule has 1 N–H and O–H groups in total. The van der Waals surface area contributed by atoms with Gasteiger partial charge < -0.3 is 5.32 Å². The van der Waals surface area contributed by atoms with Crippen molar-refractivity contribution in [1.29, 1.82) is 0 Å². The molecule has 0 spiro atoms. The molecule has 4 heteroatoms. The van der Waals surface area contributed by atoms with Crippen molar-refractivity contribution in [2.24, 2.45) is 0 Å². The first-order chi connectivity index (χ1) is 8.72. The van der Waals surface area contributed by atoms with Gasteiger partial charge in [-0.2, -0.15) is 0 Å². The molecule has 0 bridgehead atoms. The van der Waals surface area contributed by atoms with Gasteiger partial charge in [-0.1, -0.05) is 12.1 Å². The second kappa shape index (κ2) is 6.45. The zero-order chi connectivity index (χ0) is 13.0. The van der Waals surface area contributed by atoms with Crippen LogP contribution in [-0.4, -0.2) is 31.1 Å². The molecule has 1 heterocycles. The van der Waals surface area contributed by atoms with Gasteiger partial charge in [0, 0.05) is 32.2 Å². The molecule has 1 aliphatic rings. The Balaban J connectivity index is 2.22. The molecule has 2 rings (SSSR count). The van der Waals surface area contributed by atoms with Crippen molar-refractivity contribution >= 4 is 15.9 Å². The average Bonchev–Trinajstić information content (AvgIpc) is 2.40.